The van der Waals surface area contributed by atoms with Crippen LogP contribution in [-0.2, 0) is 10.0 Å². The zero-order valence-corrected chi connectivity index (χ0v) is 11.8. The average molecular weight is 320 g/mol. The molecule has 1 fully saturated rings. The second-order valence-corrected chi connectivity index (χ2v) is 6.89. The molecule has 2 heterocycles. The van der Waals surface area contributed by atoms with Crippen LogP contribution in [0.25, 0.3) is 0 Å². The van der Waals surface area contributed by atoms with Crippen LogP contribution in [0.1, 0.15) is 12.8 Å². The van der Waals surface area contributed by atoms with Crippen LogP contribution in [0.4, 0.5) is 14.5 Å². The number of anilines is 1. The van der Waals surface area contributed by atoms with Gasteiger partial charge in [-0.15, -0.1) is 8.78 Å². The molecule has 116 valence electrons. The molecule has 0 aliphatic carbocycles. The summed E-state index contributed by atoms with van der Waals surface area (Å²) in [7, 11) is -3.56. The second kappa shape index (κ2) is 4.99. The first kappa shape index (κ1) is 14.3. The highest BCUT2D eigenvalue weighted by Gasteiger charge is 2.43. The summed E-state index contributed by atoms with van der Waals surface area (Å²) in [5, 5.41) is 2.59. The Bertz CT molecular complexity index is 645. The van der Waals surface area contributed by atoms with E-state index in [2.05, 4.69) is 19.5 Å². The summed E-state index contributed by atoms with van der Waals surface area (Å²) in [5.41, 5.74) is 0.175. The number of hydrogen-bond donors (Lipinski definition) is 2. The Morgan fingerprint density at radius 1 is 1.19 bits per heavy atom. The molecule has 0 saturated carbocycles. The molecule has 2 aliphatic rings. The van der Waals surface area contributed by atoms with E-state index in [1.54, 1.807) is 0 Å². The van der Waals surface area contributed by atoms with Gasteiger partial charge in [0.1, 0.15) is 0 Å². The molecule has 0 spiro atoms. The van der Waals surface area contributed by atoms with Crippen molar-refractivity contribution in [2.24, 2.45) is 0 Å². The van der Waals surface area contributed by atoms with Crippen molar-refractivity contribution in [3.05, 3.63) is 18.2 Å². The highest BCUT2D eigenvalue weighted by atomic mass is 32.2. The molecule has 1 aromatic rings. The average Bonchev–Trinajstić information content (AvgIpc) is 2.72. The Morgan fingerprint density at radius 3 is 2.57 bits per heavy atom. The maximum atomic E-state index is 12.9. The van der Waals surface area contributed by atoms with Crippen LogP contribution in [0, 0.1) is 0 Å². The number of rotatable bonds is 3. The number of ether oxygens (including phenoxy) is 2. The van der Waals surface area contributed by atoms with Gasteiger partial charge in [0.05, 0.1) is 10.9 Å². The van der Waals surface area contributed by atoms with Gasteiger partial charge in [0.25, 0.3) is 0 Å². The van der Waals surface area contributed by atoms with E-state index in [1.807, 2.05) is 0 Å². The molecule has 1 saturated heterocycles. The SMILES string of the molecule is O=S(=O)(Nc1ccc2c(c1)OC(F)(F)O2)C1CCNCC1. The van der Waals surface area contributed by atoms with Crippen molar-refractivity contribution in [2.45, 2.75) is 24.4 Å². The molecule has 0 bridgehead atoms. The van der Waals surface area contributed by atoms with Crippen molar-refractivity contribution >= 4 is 15.7 Å². The Morgan fingerprint density at radius 2 is 1.86 bits per heavy atom. The molecule has 3 rings (SSSR count). The maximum absolute atomic E-state index is 12.9. The second-order valence-electron chi connectivity index (χ2n) is 4.93. The third-order valence-corrected chi connectivity index (χ3v) is 5.26. The molecule has 0 aromatic heterocycles. The number of hydrogen-bond acceptors (Lipinski definition) is 5. The minimum absolute atomic E-state index is 0.121. The number of benzene rings is 1. The van der Waals surface area contributed by atoms with Crippen molar-refractivity contribution < 1.29 is 26.7 Å². The summed E-state index contributed by atoms with van der Waals surface area (Å²) >= 11 is 0. The van der Waals surface area contributed by atoms with E-state index in [4.69, 9.17) is 0 Å². The molecule has 0 atom stereocenters. The van der Waals surface area contributed by atoms with Crippen molar-refractivity contribution in [1.82, 2.24) is 5.32 Å². The lowest BCUT2D eigenvalue weighted by atomic mass is 10.2. The molecular formula is C12H14F2N2O4S. The first-order chi connectivity index (χ1) is 9.86. The fourth-order valence-corrected chi connectivity index (χ4v) is 3.84. The van der Waals surface area contributed by atoms with Crippen molar-refractivity contribution in [3.8, 4) is 11.5 Å². The van der Waals surface area contributed by atoms with Gasteiger partial charge in [0, 0.05) is 6.07 Å². The maximum Gasteiger partial charge on any atom is 0.586 e. The van der Waals surface area contributed by atoms with Gasteiger partial charge in [-0.3, -0.25) is 4.72 Å². The predicted molar refractivity (Wildman–Crippen MR) is 71.1 cm³/mol. The van der Waals surface area contributed by atoms with E-state index in [1.165, 1.54) is 18.2 Å². The van der Waals surface area contributed by atoms with E-state index in [9.17, 15) is 17.2 Å². The Kier molecular flexibility index (Phi) is 3.40. The van der Waals surface area contributed by atoms with Crippen LogP contribution >= 0.6 is 0 Å². The Balaban J connectivity index is 1.77. The van der Waals surface area contributed by atoms with Gasteiger partial charge in [-0.05, 0) is 38.1 Å². The topological polar surface area (TPSA) is 76.7 Å². The van der Waals surface area contributed by atoms with Gasteiger partial charge in [0.15, 0.2) is 11.5 Å². The van der Waals surface area contributed by atoms with Gasteiger partial charge in [-0.1, -0.05) is 0 Å². The van der Waals surface area contributed by atoms with Gasteiger partial charge < -0.3 is 14.8 Å². The van der Waals surface area contributed by atoms with Crippen LogP contribution in [0.15, 0.2) is 18.2 Å². The summed E-state index contributed by atoms with van der Waals surface area (Å²) in [6.07, 6.45) is -2.69. The zero-order chi connectivity index (χ0) is 15.1. The van der Waals surface area contributed by atoms with Crippen molar-refractivity contribution in [1.29, 1.82) is 0 Å². The summed E-state index contributed by atoms with van der Waals surface area (Å²) in [6, 6.07) is 3.80. The fraction of sp³-hybridized carbons (Fsp3) is 0.500. The molecule has 9 heteroatoms. The number of nitrogens with one attached hydrogen (secondary N) is 2. The van der Waals surface area contributed by atoms with Crippen LogP contribution in [0.3, 0.4) is 0 Å². The lowest BCUT2D eigenvalue weighted by Gasteiger charge is -2.23. The van der Waals surface area contributed by atoms with Gasteiger partial charge in [-0.2, -0.15) is 0 Å². The first-order valence-electron chi connectivity index (χ1n) is 6.48. The summed E-state index contributed by atoms with van der Waals surface area (Å²) in [5.74, 6) is -0.310. The quantitative estimate of drug-likeness (QED) is 0.883. The van der Waals surface area contributed by atoms with Gasteiger partial charge in [0.2, 0.25) is 10.0 Å². The van der Waals surface area contributed by atoms with Crippen molar-refractivity contribution in [2.75, 3.05) is 17.8 Å². The highest BCUT2D eigenvalue weighted by molar-refractivity contribution is 7.93. The largest absolute Gasteiger partial charge is 0.586 e. The Labute approximate surface area is 120 Å². The lowest BCUT2D eigenvalue weighted by Crippen LogP contribution is -2.38. The van der Waals surface area contributed by atoms with E-state index < -0.39 is 21.6 Å². The van der Waals surface area contributed by atoms with Crippen LogP contribution < -0.4 is 19.5 Å². The lowest BCUT2D eigenvalue weighted by molar-refractivity contribution is -0.286. The normalized spacial score (nSPS) is 21.2. The van der Waals surface area contributed by atoms with Crippen LogP contribution in [0.5, 0.6) is 11.5 Å². The number of fused-ring (bicyclic) bond motifs is 1. The highest BCUT2D eigenvalue weighted by Crippen LogP contribution is 2.42. The Hall–Kier alpha value is -1.61. The number of alkyl halides is 2. The molecule has 0 radical (unpaired) electrons. The predicted octanol–water partition coefficient (Wildman–Crippen LogP) is 1.50. The van der Waals surface area contributed by atoms with E-state index in [0.29, 0.717) is 25.9 Å². The first-order valence-corrected chi connectivity index (χ1v) is 8.03. The van der Waals surface area contributed by atoms with E-state index in [-0.39, 0.29) is 17.2 Å². The summed E-state index contributed by atoms with van der Waals surface area (Å²) in [4.78, 5) is 0. The number of piperidine rings is 1. The minimum atomic E-state index is -3.71. The molecule has 2 N–H and O–H groups in total. The van der Waals surface area contributed by atoms with Gasteiger partial charge >= 0.3 is 6.29 Å². The number of sulfonamides is 1. The van der Waals surface area contributed by atoms with Crippen molar-refractivity contribution in [3.63, 3.8) is 0 Å². The minimum Gasteiger partial charge on any atom is -0.395 e. The summed E-state index contributed by atoms with van der Waals surface area (Å²) < 4.78 is 61.2. The van der Waals surface area contributed by atoms with E-state index >= 15 is 0 Å². The molecular weight excluding hydrogens is 306 g/mol. The van der Waals surface area contributed by atoms with Gasteiger partial charge in [-0.25, -0.2) is 8.42 Å². The molecule has 0 unspecified atom stereocenters. The molecule has 1 aromatic carbocycles. The molecule has 2 aliphatic heterocycles. The van der Waals surface area contributed by atoms with Crippen LogP contribution in [0.2, 0.25) is 0 Å². The third-order valence-electron chi connectivity index (χ3n) is 3.39. The fourth-order valence-electron chi connectivity index (χ4n) is 2.37. The molecule has 6 nitrogen and oxygen atoms in total. The smallest absolute Gasteiger partial charge is 0.395 e. The number of halogens is 2. The molecule has 0 amide bonds. The zero-order valence-electron chi connectivity index (χ0n) is 10.9. The standard InChI is InChI=1S/C12H14F2N2O4S/c13-12(14)19-10-2-1-8(7-11(10)20-12)16-21(17,18)9-3-5-15-6-4-9/h1-2,7,9,15-16H,3-6H2. The van der Waals surface area contributed by atoms with E-state index in [0.717, 1.165) is 0 Å². The molecule has 21 heavy (non-hydrogen) atoms. The summed E-state index contributed by atoms with van der Waals surface area (Å²) in [6.45, 7) is 1.28. The third kappa shape index (κ3) is 3.03. The monoisotopic (exact) mass is 320 g/mol. The van der Waals surface area contributed by atoms with Crippen LogP contribution in [-0.4, -0.2) is 33.1 Å².